The van der Waals surface area contributed by atoms with Crippen molar-refractivity contribution in [1.29, 1.82) is 0 Å². The predicted octanol–water partition coefficient (Wildman–Crippen LogP) is 2.08. The van der Waals surface area contributed by atoms with E-state index in [1.165, 1.54) is 0 Å². The topological polar surface area (TPSA) is 54.5 Å². The van der Waals surface area contributed by atoms with Gasteiger partial charge in [-0.15, -0.1) is 0 Å². The normalized spacial score (nSPS) is 16.4. The van der Waals surface area contributed by atoms with E-state index in [1.807, 2.05) is 30.3 Å². The van der Waals surface area contributed by atoms with Gasteiger partial charge in [0.25, 0.3) is 5.91 Å². The van der Waals surface area contributed by atoms with Gasteiger partial charge in [0.15, 0.2) is 0 Å². The van der Waals surface area contributed by atoms with Gasteiger partial charge in [0.2, 0.25) is 0 Å². The molecule has 5 heteroatoms. The Morgan fingerprint density at radius 1 is 1.26 bits per heavy atom. The number of rotatable bonds is 4. The number of benzene rings is 1. The molecule has 1 amide bonds. The summed E-state index contributed by atoms with van der Waals surface area (Å²) in [5.74, 6) is -0.0735. The average Bonchev–Trinajstić information content (AvgIpc) is 2.60. The van der Waals surface area contributed by atoms with Crippen LogP contribution in [0.3, 0.4) is 0 Å². The summed E-state index contributed by atoms with van der Waals surface area (Å²) >= 11 is 0. The molecule has 1 aliphatic rings. The fraction of sp³-hybridized carbons (Fsp3) is 0.444. The molecule has 122 valence electrons. The smallest absolute Gasteiger partial charge is 0.253 e. The maximum atomic E-state index is 12.6. The van der Waals surface area contributed by atoms with Gasteiger partial charge in [-0.3, -0.25) is 14.7 Å². The number of amides is 1. The molecule has 2 aromatic rings. The molecule has 2 heterocycles. The van der Waals surface area contributed by atoms with Gasteiger partial charge in [-0.05, 0) is 26.0 Å². The first-order chi connectivity index (χ1) is 11.1. The van der Waals surface area contributed by atoms with Crippen molar-refractivity contribution in [3.8, 4) is 0 Å². The van der Waals surface area contributed by atoms with Gasteiger partial charge in [-0.1, -0.05) is 18.2 Å². The second-order valence-corrected chi connectivity index (χ2v) is 6.48. The third-order valence-corrected chi connectivity index (χ3v) is 4.43. The zero-order valence-corrected chi connectivity index (χ0v) is 13.7. The Balaban J connectivity index is 1.71. The number of carbonyl (C=O) groups is 1. The van der Waals surface area contributed by atoms with Crippen LogP contribution >= 0.6 is 0 Å². The number of para-hydroxylation sites is 1. The Morgan fingerprint density at radius 2 is 2.00 bits per heavy atom. The van der Waals surface area contributed by atoms with Crippen LogP contribution in [0.1, 0.15) is 24.2 Å². The minimum Gasteiger partial charge on any atom is -0.379 e. The second kappa shape index (κ2) is 6.64. The largest absolute Gasteiger partial charge is 0.379 e. The average molecular weight is 313 g/mol. The van der Waals surface area contributed by atoms with Crippen molar-refractivity contribution in [1.82, 2.24) is 15.2 Å². The molecule has 1 saturated heterocycles. The SMILES string of the molecule is CC(C)(CNC(=O)c1cccc2cccnc12)N1CCOCC1. The van der Waals surface area contributed by atoms with Crippen LogP contribution in [-0.4, -0.2) is 54.2 Å². The number of nitrogens with one attached hydrogen (secondary N) is 1. The molecule has 0 spiro atoms. The van der Waals surface area contributed by atoms with Crippen LogP contribution in [0.4, 0.5) is 0 Å². The molecule has 0 unspecified atom stereocenters. The van der Waals surface area contributed by atoms with Crippen molar-refractivity contribution >= 4 is 16.8 Å². The van der Waals surface area contributed by atoms with E-state index >= 15 is 0 Å². The van der Waals surface area contributed by atoms with Crippen molar-refractivity contribution in [2.24, 2.45) is 0 Å². The van der Waals surface area contributed by atoms with E-state index in [4.69, 9.17) is 4.74 Å². The summed E-state index contributed by atoms with van der Waals surface area (Å²) in [5, 5.41) is 4.05. The Hall–Kier alpha value is -1.98. The Morgan fingerprint density at radius 3 is 2.78 bits per heavy atom. The first-order valence-electron chi connectivity index (χ1n) is 8.03. The van der Waals surface area contributed by atoms with Gasteiger partial charge in [-0.25, -0.2) is 0 Å². The van der Waals surface area contributed by atoms with Crippen LogP contribution < -0.4 is 5.32 Å². The van der Waals surface area contributed by atoms with E-state index in [0.717, 1.165) is 37.2 Å². The summed E-state index contributed by atoms with van der Waals surface area (Å²) < 4.78 is 5.40. The van der Waals surface area contributed by atoms with Crippen LogP contribution in [0.5, 0.6) is 0 Å². The zero-order valence-electron chi connectivity index (χ0n) is 13.7. The van der Waals surface area contributed by atoms with Gasteiger partial charge in [-0.2, -0.15) is 0 Å². The molecule has 0 bridgehead atoms. The molecule has 0 radical (unpaired) electrons. The van der Waals surface area contributed by atoms with Gasteiger partial charge in [0.1, 0.15) is 0 Å². The van der Waals surface area contributed by atoms with Crippen LogP contribution in [0, 0.1) is 0 Å². The maximum absolute atomic E-state index is 12.6. The molecular formula is C18H23N3O2. The molecule has 1 aromatic carbocycles. The lowest BCUT2D eigenvalue weighted by Crippen LogP contribution is -2.55. The fourth-order valence-corrected chi connectivity index (χ4v) is 2.96. The number of aromatic nitrogens is 1. The van der Waals surface area contributed by atoms with Crippen LogP contribution in [0.25, 0.3) is 10.9 Å². The van der Waals surface area contributed by atoms with E-state index in [0.29, 0.717) is 12.1 Å². The molecular weight excluding hydrogens is 290 g/mol. The van der Waals surface area contributed by atoms with Gasteiger partial charge >= 0.3 is 0 Å². The zero-order chi connectivity index (χ0) is 16.3. The van der Waals surface area contributed by atoms with Crippen molar-refractivity contribution in [3.05, 3.63) is 42.1 Å². The molecule has 3 rings (SSSR count). The first-order valence-corrected chi connectivity index (χ1v) is 8.03. The number of pyridine rings is 1. The molecule has 0 aliphatic carbocycles. The lowest BCUT2D eigenvalue weighted by Gasteiger charge is -2.40. The molecule has 1 fully saturated rings. The number of fused-ring (bicyclic) bond motifs is 1. The Kier molecular flexibility index (Phi) is 4.59. The monoisotopic (exact) mass is 313 g/mol. The van der Waals surface area contributed by atoms with Gasteiger partial charge in [0, 0.05) is 36.8 Å². The van der Waals surface area contributed by atoms with Crippen molar-refractivity contribution < 1.29 is 9.53 Å². The summed E-state index contributed by atoms with van der Waals surface area (Å²) in [5.41, 5.74) is 1.27. The van der Waals surface area contributed by atoms with Crippen LogP contribution in [0.2, 0.25) is 0 Å². The number of carbonyl (C=O) groups excluding carboxylic acids is 1. The Bertz CT molecular complexity index is 688. The summed E-state index contributed by atoms with van der Waals surface area (Å²) in [6.45, 7) is 8.21. The van der Waals surface area contributed by atoms with Crippen LogP contribution in [-0.2, 0) is 4.74 Å². The molecule has 5 nitrogen and oxygen atoms in total. The first kappa shape index (κ1) is 15.9. The highest BCUT2D eigenvalue weighted by molar-refractivity contribution is 6.05. The second-order valence-electron chi connectivity index (χ2n) is 6.48. The summed E-state index contributed by atoms with van der Waals surface area (Å²) in [7, 11) is 0. The number of morpholine rings is 1. The lowest BCUT2D eigenvalue weighted by molar-refractivity contribution is -0.00922. The van der Waals surface area contributed by atoms with Gasteiger partial charge < -0.3 is 10.1 Å². The number of hydrogen-bond donors (Lipinski definition) is 1. The van der Waals surface area contributed by atoms with E-state index in [-0.39, 0.29) is 11.4 Å². The third kappa shape index (κ3) is 3.51. The van der Waals surface area contributed by atoms with Crippen molar-refractivity contribution in [2.45, 2.75) is 19.4 Å². The minimum atomic E-state index is -0.0997. The number of ether oxygens (including phenoxy) is 1. The standard InChI is InChI=1S/C18H23N3O2/c1-18(2,21-9-11-23-12-10-21)13-20-17(22)15-7-3-5-14-6-4-8-19-16(14)15/h3-8H,9-13H2,1-2H3,(H,20,22). The molecule has 1 aromatic heterocycles. The number of nitrogens with zero attached hydrogens (tertiary/aromatic N) is 2. The minimum absolute atomic E-state index is 0.0735. The summed E-state index contributed by atoms with van der Waals surface area (Å²) in [6.07, 6.45) is 1.72. The van der Waals surface area contributed by atoms with Crippen molar-refractivity contribution in [3.63, 3.8) is 0 Å². The summed E-state index contributed by atoms with van der Waals surface area (Å²) in [4.78, 5) is 19.3. The van der Waals surface area contributed by atoms with Gasteiger partial charge in [0.05, 0.1) is 24.3 Å². The van der Waals surface area contributed by atoms with E-state index < -0.39 is 0 Å². The lowest BCUT2D eigenvalue weighted by atomic mass is 10.0. The molecule has 23 heavy (non-hydrogen) atoms. The highest BCUT2D eigenvalue weighted by atomic mass is 16.5. The Labute approximate surface area is 136 Å². The highest BCUT2D eigenvalue weighted by Crippen LogP contribution is 2.18. The van der Waals surface area contributed by atoms with Crippen molar-refractivity contribution in [2.75, 3.05) is 32.8 Å². The van der Waals surface area contributed by atoms with E-state index in [9.17, 15) is 4.79 Å². The third-order valence-electron chi connectivity index (χ3n) is 4.43. The molecule has 1 aliphatic heterocycles. The quantitative estimate of drug-likeness (QED) is 0.939. The summed E-state index contributed by atoms with van der Waals surface area (Å²) in [6, 6.07) is 9.54. The molecule has 0 saturated carbocycles. The van der Waals surface area contributed by atoms with E-state index in [1.54, 1.807) is 6.20 Å². The fourth-order valence-electron chi connectivity index (χ4n) is 2.96. The predicted molar refractivity (Wildman–Crippen MR) is 90.5 cm³/mol. The maximum Gasteiger partial charge on any atom is 0.253 e. The highest BCUT2D eigenvalue weighted by Gasteiger charge is 2.28. The molecule has 0 atom stereocenters. The van der Waals surface area contributed by atoms with E-state index in [2.05, 4.69) is 29.0 Å². The number of hydrogen-bond acceptors (Lipinski definition) is 4. The molecule has 1 N–H and O–H groups in total. The van der Waals surface area contributed by atoms with Crippen LogP contribution in [0.15, 0.2) is 36.5 Å².